The van der Waals surface area contributed by atoms with E-state index >= 15 is 0 Å². The molecule has 0 fully saturated rings. The number of aliphatic imine (C=N–C) groups is 2. The summed E-state index contributed by atoms with van der Waals surface area (Å²) in [6.07, 6.45) is 0. The first-order valence-electron chi connectivity index (χ1n) is 3.32. The van der Waals surface area contributed by atoms with Gasteiger partial charge in [-0.15, -0.1) is 0 Å². The van der Waals surface area contributed by atoms with Crippen LogP contribution in [0.5, 0.6) is 0 Å². The largest absolute Gasteiger partial charge is 0.472 e. The molecule has 2 heterocycles. The lowest BCUT2D eigenvalue weighted by atomic mass is 10.6. The van der Waals surface area contributed by atoms with E-state index in [0.717, 1.165) is 13.1 Å². The fraction of sp³-hybridized carbons (Fsp3) is 0.714. The Morgan fingerprint density at radius 1 is 0.909 bits per heavy atom. The van der Waals surface area contributed by atoms with Crippen LogP contribution in [-0.4, -0.2) is 38.1 Å². The average molecular weight is 156 g/mol. The molecule has 0 bridgehead atoms. The van der Waals surface area contributed by atoms with E-state index in [-0.39, 0.29) is 7.43 Å². The molecule has 0 atom stereocenters. The average Bonchev–Trinajstić information content (AvgIpc) is 2.59. The van der Waals surface area contributed by atoms with Gasteiger partial charge in [-0.1, -0.05) is 7.43 Å². The van der Waals surface area contributed by atoms with E-state index < -0.39 is 0 Å². The first-order chi connectivity index (χ1) is 4.97. The highest BCUT2D eigenvalue weighted by Crippen LogP contribution is 2.02. The number of nitrogens with zero attached hydrogens (tertiary/aromatic N) is 2. The summed E-state index contributed by atoms with van der Waals surface area (Å²) in [5.74, 6) is 1.16. The zero-order valence-corrected chi connectivity index (χ0v) is 5.54. The molecule has 0 aromatic heterocycles. The first-order valence-corrected chi connectivity index (χ1v) is 3.32. The second-order valence-electron chi connectivity index (χ2n) is 2.07. The van der Waals surface area contributed by atoms with Crippen LogP contribution in [0.1, 0.15) is 7.43 Å². The molecule has 0 radical (unpaired) electrons. The van der Waals surface area contributed by atoms with Crippen LogP contribution in [0.2, 0.25) is 0 Å². The van der Waals surface area contributed by atoms with Crippen molar-refractivity contribution in [1.82, 2.24) is 0 Å². The van der Waals surface area contributed by atoms with Gasteiger partial charge in [-0.2, -0.15) is 0 Å². The van der Waals surface area contributed by atoms with Crippen molar-refractivity contribution < 1.29 is 9.47 Å². The zero-order valence-electron chi connectivity index (χ0n) is 5.54. The Labute approximate surface area is 65.9 Å². The predicted molar refractivity (Wildman–Crippen MR) is 43.2 cm³/mol. The van der Waals surface area contributed by atoms with Gasteiger partial charge in [0.25, 0.3) is 11.8 Å². The fourth-order valence-electron chi connectivity index (χ4n) is 0.929. The minimum atomic E-state index is 0. The Balaban J connectivity index is 0.000000605. The summed E-state index contributed by atoms with van der Waals surface area (Å²) in [6.45, 7) is 2.80. The van der Waals surface area contributed by atoms with Gasteiger partial charge in [0.1, 0.15) is 13.2 Å². The van der Waals surface area contributed by atoms with E-state index in [1.54, 1.807) is 0 Å². The summed E-state index contributed by atoms with van der Waals surface area (Å²) >= 11 is 0. The molecule has 0 spiro atoms. The smallest absolute Gasteiger partial charge is 0.273 e. The summed E-state index contributed by atoms with van der Waals surface area (Å²) in [6, 6.07) is 0. The van der Waals surface area contributed by atoms with Crippen molar-refractivity contribution in [3.63, 3.8) is 0 Å². The maximum atomic E-state index is 5.13. The molecule has 0 aromatic carbocycles. The van der Waals surface area contributed by atoms with Crippen molar-refractivity contribution in [3.8, 4) is 0 Å². The number of hydrogen-bond acceptors (Lipinski definition) is 4. The maximum Gasteiger partial charge on any atom is 0.273 e. The molecule has 11 heavy (non-hydrogen) atoms. The van der Waals surface area contributed by atoms with Crippen LogP contribution in [0.15, 0.2) is 9.98 Å². The van der Waals surface area contributed by atoms with Crippen molar-refractivity contribution in [1.29, 1.82) is 0 Å². The van der Waals surface area contributed by atoms with Gasteiger partial charge >= 0.3 is 0 Å². The van der Waals surface area contributed by atoms with Gasteiger partial charge in [0.05, 0.1) is 13.1 Å². The molecule has 0 aliphatic carbocycles. The topological polar surface area (TPSA) is 43.2 Å². The molecule has 4 nitrogen and oxygen atoms in total. The van der Waals surface area contributed by atoms with Crippen LogP contribution in [0.25, 0.3) is 0 Å². The summed E-state index contributed by atoms with van der Waals surface area (Å²) in [5, 5.41) is 0. The monoisotopic (exact) mass is 156 g/mol. The fourth-order valence-corrected chi connectivity index (χ4v) is 0.929. The minimum absolute atomic E-state index is 0. The van der Waals surface area contributed by atoms with Crippen molar-refractivity contribution >= 4 is 11.8 Å². The molecular weight excluding hydrogens is 144 g/mol. The van der Waals surface area contributed by atoms with Gasteiger partial charge in [0, 0.05) is 0 Å². The zero-order chi connectivity index (χ0) is 6.81. The van der Waals surface area contributed by atoms with Gasteiger partial charge in [0.2, 0.25) is 0 Å². The molecule has 0 saturated heterocycles. The third-order valence-electron chi connectivity index (χ3n) is 1.35. The second-order valence-corrected chi connectivity index (χ2v) is 2.07. The molecule has 2 aliphatic rings. The molecule has 2 rings (SSSR count). The summed E-state index contributed by atoms with van der Waals surface area (Å²) < 4.78 is 10.3. The van der Waals surface area contributed by atoms with Crippen LogP contribution in [0, 0.1) is 0 Å². The van der Waals surface area contributed by atoms with Crippen LogP contribution < -0.4 is 0 Å². The molecule has 2 aliphatic heterocycles. The Bertz CT molecular complexity index is 177. The lowest BCUT2D eigenvalue weighted by Crippen LogP contribution is -2.14. The Hall–Kier alpha value is -1.06. The quantitative estimate of drug-likeness (QED) is 0.554. The van der Waals surface area contributed by atoms with Crippen LogP contribution in [0.3, 0.4) is 0 Å². The van der Waals surface area contributed by atoms with Crippen LogP contribution >= 0.6 is 0 Å². The van der Waals surface area contributed by atoms with Crippen molar-refractivity contribution in [3.05, 3.63) is 0 Å². The summed E-state index contributed by atoms with van der Waals surface area (Å²) in [7, 11) is 0. The molecule has 4 heteroatoms. The molecule has 0 unspecified atom stereocenters. The SMILES string of the molecule is C.C1COC(C2=NCCO2)=N1. The Morgan fingerprint density at radius 3 is 1.64 bits per heavy atom. The summed E-state index contributed by atoms with van der Waals surface area (Å²) in [5.41, 5.74) is 0. The van der Waals surface area contributed by atoms with E-state index in [2.05, 4.69) is 9.98 Å². The Morgan fingerprint density at radius 2 is 1.36 bits per heavy atom. The lowest BCUT2D eigenvalue weighted by Gasteiger charge is -1.98. The van der Waals surface area contributed by atoms with Crippen LogP contribution in [-0.2, 0) is 9.47 Å². The molecule has 62 valence electrons. The lowest BCUT2D eigenvalue weighted by molar-refractivity contribution is 0.320. The van der Waals surface area contributed by atoms with E-state index in [1.165, 1.54) is 0 Å². The van der Waals surface area contributed by atoms with E-state index in [0.29, 0.717) is 25.0 Å². The van der Waals surface area contributed by atoms with Crippen molar-refractivity contribution in [2.45, 2.75) is 7.43 Å². The van der Waals surface area contributed by atoms with Crippen molar-refractivity contribution in [2.75, 3.05) is 26.3 Å². The standard InChI is InChI=1S/C6H8N2O2.CH4/c1-3-9-5(7-1)6-8-2-4-10-6;/h1-4H2;1H4. The highest BCUT2D eigenvalue weighted by atomic mass is 16.5. The minimum Gasteiger partial charge on any atom is -0.472 e. The van der Waals surface area contributed by atoms with Gasteiger partial charge < -0.3 is 9.47 Å². The third-order valence-corrected chi connectivity index (χ3v) is 1.35. The first kappa shape index (κ1) is 8.04. The molecule has 0 N–H and O–H groups in total. The normalized spacial score (nSPS) is 21.1. The van der Waals surface area contributed by atoms with E-state index in [4.69, 9.17) is 9.47 Å². The Kier molecular flexibility index (Phi) is 2.46. The number of rotatable bonds is 1. The number of ether oxygens (including phenoxy) is 2. The highest BCUT2D eigenvalue weighted by molar-refractivity contribution is 6.35. The molecular formula is C7H12N2O2. The van der Waals surface area contributed by atoms with Gasteiger partial charge in [-0.25, -0.2) is 9.98 Å². The van der Waals surface area contributed by atoms with E-state index in [9.17, 15) is 0 Å². The predicted octanol–water partition coefficient (Wildman–Crippen LogP) is 0.480. The van der Waals surface area contributed by atoms with Gasteiger partial charge in [-0.3, -0.25) is 0 Å². The van der Waals surface area contributed by atoms with Gasteiger partial charge in [-0.05, 0) is 0 Å². The van der Waals surface area contributed by atoms with E-state index in [1.807, 2.05) is 0 Å². The van der Waals surface area contributed by atoms with Crippen LogP contribution in [0.4, 0.5) is 0 Å². The maximum absolute atomic E-state index is 5.13. The summed E-state index contributed by atoms with van der Waals surface area (Å²) in [4.78, 5) is 8.11. The van der Waals surface area contributed by atoms with Gasteiger partial charge in [0.15, 0.2) is 0 Å². The van der Waals surface area contributed by atoms with Crippen molar-refractivity contribution in [2.24, 2.45) is 9.98 Å². The molecule has 0 amide bonds. The number of hydrogen-bond donors (Lipinski definition) is 0. The molecule has 0 saturated carbocycles. The second kappa shape index (κ2) is 3.37. The molecule has 0 aromatic rings. The highest BCUT2D eigenvalue weighted by Gasteiger charge is 2.19. The third kappa shape index (κ3) is 1.50.